The van der Waals surface area contributed by atoms with E-state index in [0.29, 0.717) is 0 Å². The van der Waals surface area contributed by atoms with Gasteiger partial charge in [0.25, 0.3) is 0 Å². The number of hydrogen-bond acceptors (Lipinski definition) is 1. The van der Waals surface area contributed by atoms with Crippen LogP contribution in [0.1, 0.15) is 0 Å². The highest BCUT2D eigenvalue weighted by Crippen LogP contribution is 2.51. The van der Waals surface area contributed by atoms with Crippen molar-refractivity contribution < 1.29 is 0 Å². The van der Waals surface area contributed by atoms with E-state index in [2.05, 4.69) is 217 Å². The number of fused-ring (bicyclic) bond motifs is 6. The van der Waals surface area contributed by atoms with Crippen LogP contribution in [0.4, 0.5) is 17.1 Å². The van der Waals surface area contributed by atoms with E-state index in [4.69, 9.17) is 0 Å². The normalized spacial score (nSPS) is 11.4. The summed E-state index contributed by atoms with van der Waals surface area (Å²) in [6.45, 7) is 0. The molecule has 10 aromatic rings. The van der Waals surface area contributed by atoms with Crippen molar-refractivity contribution in [3.8, 4) is 33.4 Å². The maximum absolute atomic E-state index is 2.55. The second-order valence-electron chi connectivity index (χ2n) is 13.6. The molecule has 0 aromatic heterocycles. The standard InChI is InChI=1S/C52H35N/c1-3-18-36(19-4-1)40-24-11-16-31-48(40)52-43(37-20-5-2-6-21-37)32-17-33-49(52)53(50-34-38-22-7-9-25-41(38)44-27-12-14-29-46(44)50)51-35-39-23-8-10-26-42(39)45-28-13-15-30-47(45)51/h1-35H. The van der Waals surface area contributed by atoms with E-state index in [-0.39, 0.29) is 0 Å². The number of nitrogens with zero attached hydrogens (tertiary/aromatic N) is 1. The average Bonchev–Trinajstić information content (AvgIpc) is 3.24. The minimum Gasteiger partial charge on any atom is -0.309 e. The Morgan fingerprint density at radius 1 is 0.245 bits per heavy atom. The molecule has 0 heterocycles. The first-order valence-electron chi connectivity index (χ1n) is 18.3. The Labute approximate surface area is 309 Å². The molecule has 0 N–H and O–H groups in total. The molecule has 0 radical (unpaired) electrons. The minimum absolute atomic E-state index is 1.12. The molecule has 0 bridgehead atoms. The summed E-state index contributed by atoms with van der Waals surface area (Å²) >= 11 is 0. The van der Waals surface area contributed by atoms with Crippen molar-refractivity contribution in [1.29, 1.82) is 0 Å². The third kappa shape index (κ3) is 5.25. The smallest absolute Gasteiger partial charge is 0.0547 e. The summed E-state index contributed by atoms with van der Waals surface area (Å²) in [5.41, 5.74) is 10.5. The molecule has 0 aliphatic rings. The second kappa shape index (κ2) is 13.0. The monoisotopic (exact) mass is 673 g/mol. The van der Waals surface area contributed by atoms with E-state index in [1.54, 1.807) is 0 Å². The molecular formula is C52H35N. The molecule has 53 heavy (non-hydrogen) atoms. The molecular weight excluding hydrogens is 639 g/mol. The van der Waals surface area contributed by atoms with Crippen molar-refractivity contribution in [2.24, 2.45) is 0 Å². The summed E-state index contributed by atoms with van der Waals surface area (Å²) in [6.07, 6.45) is 0. The summed E-state index contributed by atoms with van der Waals surface area (Å²) in [7, 11) is 0. The van der Waals surface area contributed by atoms with Gasteiger partial charge in [0.1, 0.15) is 0 Å². The largest absolute Gasteiger partial charge is 0.309 e. The van der Waals surface area contributed by atoms with Crippen molar-refractivity contribution in [2.45, 2.75) is 0 Å². The third-order valence-electron chi connectivity index (χ3n) is 10.6. The molecule has 0 spiro atoms. The summed E-state index contributed by atoms with van der Waals surface area (Å²) in [5, 5.41) is 9.81. The van der Waals surface area contributed by atoms with Crippen LogP contribution in [-0.4, -0.2) is 0 Å². The van der Waals surface area contributed by atoms with Gasteiger partial charge in [0.05, 0.1) is 17.1 Å². The summed E-state index contributed by atoms with van der Waals surface area (Å²) in [6, 6.07) is 77.4. The van der Waals surface area contributed by atoms with Crippen LogP contribution in [0.2, 0.25) is 0 Å². The second-order valence-corrected chi connectivity index (χ2v) is 13.6. The lowest BCUT2D eigenvalue weighted by molar-refractivity contribution is 1.32. The highest BCUT2D eigenvalue weighted by molar-refractivity contribution is 6.19. The molecule has 0 saturated heterocycles. The SMILES string of the molecule is c1ccc(-c2ccccc2-c2c(-c3ccccc3)cccc2N(c2cc3ccccc3c3ccccc23)c2cc3ccccc3c3ccccc23)cc1. The van der Waals surface area contributed by atoms with Gasteiger partial charge < -0.3 is 4.90 Å². The Morgan fingerprint density at radius 3 is 1.19 bits per heavy atom. The highest BCUT2D eigenvalue weighted by Gasteiger charge is 2.26. The zero-order valence-electron chi connectivity index (χ0n) is 29.2. The van der Waals surface area contributed by atoms with Gasteiger partial charge in [-0.3, -0.25) is 0 Å². The van der Waals surface area contributed by atoms with Crippen molar-refractivity contribution in [2.75, 3.05) is 4.90 Å². The van der Waals surface area contributed by atoms with Crippen molar-refractivity contribution in [3.63, 3.8) is 0 Å². The van der Waals surface area contributed by atoms with Crippen LogP contribution in [0.15, 0.2) is 212 Å². The molecule has 0 aliphatic heterocycles. The summed E-state index contributed by atoms with van der Waals surface area (Å²) in [5.74, 6) is 0. The lowest BCUT2D eigenvalue weighted by Gasteiger charge is -2.32. The molecule has 1 heteroatoms. The van der Waals surface area contributed by atoms with Gasteiger partial charge >= 0.3 is 0 Å². The van der Waals surface area contributed by atoms with E-state index < -0.39 is 0 Å². The minimum atomic E-state index is 1.12. The Kier molecular flexibility index (Phi) is 7.55. The van der Waals surface area contributed by atoms with Gasteiger partial charge in [-0.25, -0.2) is 0 Å². The first-order valence-corrected chi connectivity index (χ1v) is 18.3. The molecule has 0 unspecified atom stereocenters. The summed E-state index contributed by atoms with van der Waals surface area (Å²) < 4.78 is 0. The molecule has 10 rings (SSSR count). The number of rotatable bonds is 6. The van der Waals surface area contributed by atoms with Crippen LogP contribution >= 0.6 is 0 Å². The van der Waals surface area contributed by atoms with Gasteiger partial charge in [-0.15, -0.1) is 0 Å². The fourth-order valence-electron chi connectivity index (χ4n) is 8.27. The fraction of sp³-hybridized carbons (Fsp3) is 0. The Morgan fingerprint density at radius 2 is 0.642 bits per heavy atom. The zero-order chi connectivity index (χ0) is 35.1. The Bertz CT molecular complexity index is 2820. The van der Waals surface area contributed by atoms with Crippen LogP contribution in [0.3, 0.4) is 0 Å². The topological polar surface area (TPSA) is 3.24 Å². The first-order chi connectivity index (χ1) is 26.3. The Balaban J connectivity index is 1.40. The van der Waals surface area contributed by atoms with E-state index in [0.717, 1.165) is 17.1 Å². The van der Waals surface area contributed by atoms with Crippen molar-refractivity contribution in [3.05, 3.63) is 212 Å². The molecule has 0 atom stereocenters. The van der Waals surface area contributed by atoms with Gasteiger partial charge in [-0.1, -0.05) is 194 Å². The van der Waals surface area contributed by atoms with Crippen LogP contribution in [0.5, 0.6) is 0 Å². The maximum atomic E-state index is 2.55. The molecule has 0 saturated carbocycles. The highest BCUT2D eigenvalue weighted by atomic mass is 15.1. The quantitative estimate of drug-likeness (QED) is 0.159. The molecule has 10 aromatic carbocycles. The van der Waals surface area contributed by atoms with Crippen molar-refractivity contribution in [1.82, 2.24) is 0 Å². The lowest BCUT2D eigenvalue weighted by Crippen LogP contribution is -2.13. The van der Waals surface area contributed by atoms with E-state index in [1.807, 2.05) is 0 Å². The van der Waals surface area contributed by atoms with Gasteiger partial charge in [-0.05, 0) is 78.3 Å². The van der Waals surface area contributed by atoms with Gasteiger partial charge in [0.2, 0.25) is 0 Å². The predicted octanol–water partition coefficient (Wildman–Crippen LogP) is 14.8. The predicted molar refractivity (Wildman–Crippen MR) is 227 cm³/mol. The van der Waals surface area contributed by atoms with Crippen molar-refractivity contribution >= 4 is 60.2 Å². The Hall–Kier alpha value is -6.96. The molecule has 248 valence electrons. The van der Waals surface area contributed by atoms with Crippen LogP contribution in [0.25, 0.3) is 76.5 Å². The van der Waals surface area contributed by atoms with Gasteiger partial charge in [0.15, 0.2) is 0 Å². The van der Waals surface area contributed by atoms with E-state index >= 15 is 0 Å². The van der Waals surface area contributed by atoms with E-state index in [1.165, 1.54) is 76.5 Å². The number of benzene rings is 10. The zero-order valence-corrected chi connectivity index (χ0v) is 29.2. The van der Waals surface area contributed by atoms with E-state index in [9.17, 15) is 0 Å². The van der Waals surface area contributed by atoms with Gasteiger partial charge in [-0.2, -0.15) is 0 Å². The number of hydrogen-bond donors (Lipinski definition) is 0. The third-order valence-corrected chi connectivity index (χ3v) is 10.6. The van der Waals surface area contributed by atoms with Crippen LogP contribution < -0.4 is 4.90 Å². The average molecular weight is 674 g/mol. The van der Waals surface area contributed by atoms with Crippen LogP contribution in [-0.2, 0) is 0 Å². The lowest BCUT2D eigenvalue weighted by atomic mass is 9.87. The summed E-state index contributed by atoms with van der Waals surface area (Å²) in [4.78, 5) is 2.55. The van der Waals surface area contributed by atoms with Gasteiger partial charge in [0, 0.05) is 16.3 Å². The fourth-order valence-corrected chi connectivity index (χ4v) is 8.27. The first kappa shape index (κ1) is 30.8. The number of anilines is 3. The molecule has 1 nitrogen and oxygen atoms in total. The maximum Gasteiger partial charge on any atom is 0.0547 e. The van der Waals surface area contributed by atoms with Crippen LogP contribution in [0, 0.1) is 0 Å². The molecule has 0 amide bonds. The molecule has 0 aliphatic carbocycles. The molecule has 0 fully saturated rings.